The van der Waals surface area contributed by atoms with Crippen LogP contribution in [0.2, 0.25) is 0 Å². The molecule has 2 aromatic rings. The highest BCUT2D eigenvalue weighted by Crippen LogP contribution is 2.20. The number of guanidine groups is 1. The van der Waals surface area contributed by atoms with Crippen LogP contribution < -0.4 is 15.5 Å². The summed E-state index contributed by atoms with van der Waals surface area (Å²) in [5.74, 6) is 2.17. The second kappa shape index (κ2) is 9.34. The number of hydrogen-bond acceptors (Lipinski definition) is 4. The van der Waals surface area contributed by atoms with Crippen LogP contribution in [0, 0.1) is 12.7 Å². The Labute approximate surface area is 165 Å². The standard InChI is InChI=1S/C20H28FN7/c1-4-10-22-20(23-13-19-26-25-15(2)27(19)3)24-17-8-6-11-28(14-17)18-9-5-7-16(21)12-18/h4-5,7,9,12,17H,1,6,8,10-11,13-14H2,2-3H3,(H2,22,23,24). The molecule has 1 aromatic heterocycles. The number of hydrogen-bond donors (Lipinski definition) is 2. The maximum atomic E-state index is 13.6. The normalized spacial score (nSPS) is 17.5. The fourth-order valence-electron chi connectivity index (χ4n) is 3.26. The minimum atomic E-state index is -0.207. The van der Waals surface area contributed by atoms with Crippen LogP contribution in [0.1, 0.15) is 24.5 Å². The highest BCUT2D eigenvalue weighted by molar-refractivity contribution is 5.80. The Kier molecular flexibility index (Phi) is 6.62. The van der Waals surface area contributed by atoms with E-state index in [4.69, 9.17) is 0 Å². The molecule has 7 nitrogen and oxygen atoms in total. The number of nitrogens with one attached hydrogen (secondary N) is 2. The zero-order chi connectivity index (χ0) is 19.9. The summed E-state index contributed by atoms with van der Waals surface area (Å²) in [6.07, 6.45) is 3.86. The van der Waals surface area contributed by atoms with Gasteiger partial charge in [-0.25, -0.2) is 9.38 Å². The van der Waals surface area contributed by atoms with Gasteiger partial charge in [-0.3, -0.25) is 0 Å². The molecule has 0 radical (unpaired) electrons. The molecule has 0 bridgehead atoms. The maximum Gasteiger partial charge on any atom is 0.192 e. The molecule has 0 aliphatic carbocycles. The molecular formula is C20H28FN7. The van der Waals surface area contributed by atoms with Crippen LogP contribution in [0.15, 0.2) is 41.9 Å². The Morgan fingerprint density at radius 1 is 1.43 bits per heavy atom. The number of halogens is 1. The Hall–Kier alpha value is -2.90. The molecule has 0 spiro atoms. The van der Waals surface area contributed by atoms with Gasteiger partial charge in [-0.1, -0.05) is 12.1 Å². The molecule has 3 rings (SSSR count). The number of aromatic nitrogens is 3. The molecule has 28 heavy (non-hydrogen) atoms. The van der Waals surface area contributed by atoms with Crippen LogP contribution >= 0.6 is 0 Å². The summed E-state index contributed by atoms with van der Waals surface area (Å²) in [6.45, 7) is 8.44. The smallest absolute Gasteiger partial charge is 0.192 e. The van der Waals surface area contributed by atoms with E-state index in [9.17, 15) is 4.39 Å². The minimum Gasteiger partial charge on any atom is -0.369 e. The van der Waals surface area contributed by atoms with E-state index in [2.05, 4.69) is 37.3 Å². The van der Waals surface area contributed by atoms with Crippen molar-refractivity contribution in [1.29, 1.82) is 0 Å². The Balaban J connectivity index is 1.66. The van der Waals surface area contributed by atoms with Gasteiger partial charge < -0.3 is 20.1 Å². The first-order valence-corrected chi connectivity index (χ1v) is 9.58. The van der Waals surface area contributed by atoms with Gasteiger partial charge in [-0.15, -0.1) is 16.8 Å². The van der Waals surface area contributed by atoms with Crippen LogP contribution in [0.3, 0.4) is 0 Å². The van der Waals surface area contributed by atoms with E-state index >= 15 is 0 Å². The Morgan fingerprint density at radius 3 is 3.00 bits per heavy atom. The topological polar surface area (TPSA) is 70.4 Å². The van der Waals surface area contributed by atoms with Gasteiger partial charge >= 0.3 is 0 Å². The first kappa shape index (κ1) is 19.9. The van der Waals surface area contributed by atoms with Gasteiger partial charge in [-0.05, 0) is 38.0 Å². The summed E-state index contributed by atoms with van der Waals surface area (Å²) in [5, 5.41) is 15.0. The molecule has 1 atom stereocenters. The van der Waals surface area contributed by atoms with Crippen molar-refractivity contribution in [3.05, 3.63) is 54.4 Å². The fourth-order valence-corrected chi connectivity index (χ4v) is 3.26. The van der Waals surface area contributed by atoms with Crippen molar-refractivity contribution in [2.45, 2.75) is 32.4 Å². The lowest BCUT2D eigenvalue weighted by Crippen LogP contribution is -2.51. The molecule has 0 amide bonds. The van der Waals surface area contributed by atoms with Crippen molar-refractivity contribution >= 4 is 11.6 Å². The van der Waals surface area contributed by atoms with Gasteiger partial charge in [0.05, 0.1) is 0 Å². The zero-order valence-electron chi connectivity index (χ0n) is 16.5. The lowest BCUT2D eigenvalue weighted by molar-refractivity contribution is 0.467. The molecule has 0 saturated carbocycles. The number of piperidine rings is 1. The number of aliphatic imine (C=N–C) groups is 1. The van der Waals surface area contributed by atoms with Crippen LogP contribution in [0.4, 0.5) is 10.1 Å². The molecule has 1 aliphatic rings. The number of anilines is 1. The highest BCUT2D eigenvalue weighted by atomic mass is 19.1. The number of nitrogens with zero attached hydrogens (tertiary/aromatic N) is 5. The van der Waals surface area contributed by atoms with E-state index in [0.29, 0.717) is 19.0 Å². The van der Waals surface area contributed by atoms with Crippen molar-refractivity contribution in [2.75, 3.05) is 24.5 Å². The molecular weight excluding hydrogens is 357 g/mol. The minimum absolute atomic E-state index is 0.207. The largest absolute Gasteiger partial charge is 0.369 e. The lowest BCUT2D eigenvalue weighted by Gasteiger charge is -2.35. The molecule has 1 unspecified atom stereocenters. The van der Waals surface area contributed by atoms with Crippen molar-refractivity contribution in [3.8, 4) is 0 Å². The summed E-state index contributed by atoms with van der Waals surface area (Å²) in [4.78, 5) is 6.87. The average Bonchev–Trinajstić information content (AvgIpc) is 3.02. The molecule has 150 valence electrons. The predicted molar refractivity (Wildman–Crippen MR) is 110 cm³/mol. The van der Waals surface area contributed by atoms with E-state index in [1.807, 2.05) is 24.6 Å². The third kappa shape index (κ3) is 5.09. The fraction of sp³-hybridized carbons (Fsp3) is 0.450. The predicted octanol–water partition coefficient (Wildman–Crippen LogP) is 2.15. The van der Waals surface area contributed by atoms with E-state index in [1.54, 1.807) is 18.2 Å². The summed E-state index contributed by atoms with van der Waals surface area (Å²) >= 11 is 0. The van der Waals surface area contributed by atoms with Crippen LogP contribution in [-0.4, -0.2) is 46.4 Å². The first-order chi connectivity index (χ1) is 13.6. The quantitative estimate of drug-likeness (QED) is 0.453. The Morgan fingerprint density at radius 2 is 2.29 bits per heavy atom. The number of rotatable bonds is 6. The van der Waals surface area contributed by atoms with Crippen LogP contribution in [0.5, 0.6) is 0 Å². The molecule has 1 saturated heterocycles. The van der Waals surface area contributed by atoms with E-state index in [-0.39, 0.29) is 11.9 Å². The first-order valence-electron chi connectivity index (χ1n) is 9.58. The van der Waals surface area contributed by atoms with Crippen molar-refractivity contribution in [2.24, 2.45) is 12.0 Å². The van der Waals surface area contributed by atoms with Crippen molar-refractivity contribution < 1.29 is 4.39 Å². The summed E-state index contributed by atoms with van der Waals surface area (Å²) in [5.41, 5.74) is 0.915. The van der Waals surface area contributed by atoms with Gasteiger partial charge in [0.15, 0.2) is 11.8 Å². The van der Waals surface area contributed by atoms with Crippen LogP contribution in [-0.2, 0) is 13.6 Å². The molecule has 2 N–H and O–H groups in total. The average molecular weight is 385 g/mol. The van der Waals surface area contributed by atoms with Crippen molar-refractivity contribution in [3.63, 3.8) is 0 Å². The Bertz CT molecular complexity index is 830. The second-order valence-electron chi connectivity index (χ2n) is 6.97. The maximum absolute atomic E-state index is 13.6. The summed E-state index contributed by atoms with van der Waals surface area (Å²) in [6, 6.07) is 6.98. The lowest BCUT2D eigenvalue weighted by atomic mass is 10.0. The summed E-state index contributed by atoms with van der Waals surface area (Å²) < 4.78 is 15.5. The number of benzene rings is 1. The molecule has 1 fully saturated rings. The zero-order valence-corrected chi connectivity index (χ0v) is 16.5. The van der Waals surface area contributed by atoms with Gasteiger partial charge in [0.2, 0.25) is 0 Å². The molecule has 1 aromatic carbocycles. The van der Waals surface area contributed by atoms with Gasteiger partial charge in [0, 0.05) is 38.4 Å². The molecule has 1 aliphatic heterocycles. The van der Waals surface area contributed by atoms with E-state index < -0.39 is 0 Å². The monoisotopic (exact) mass is 385 g/mol. The third-order valence-electron chi connectivity index (χ3n) is 4.91. The highest BCUT2D eigenvalue weighted by Gasteiger charge is 2.21. The second-order valence-corrected chi connectivity index (χ2v) is 6.97. The summed E-state index contributed by atoms with van der Waals surface area (Å²) in [7, 11) is 1.93. The molecule has 2 heterocycles. The van der Waals surface area contributed by atoms with Gasteiger partial charge in [0.25, 0.3) is 0 Å². The van der Waals surface area contributed by atoms with Gasteiger partial charge in [0.1, 0.15) is 18.2 Å². The SMILES string of the molecule is C=CCNC(=NCc1nnc(C)n1C)NC1CCCN(c2cccc(F)c2)C1. The van der Waals surface area contributed by atoms with E-state index in [1.165, 1.54) is 6.07 Å². The molecule has 8 heteroatoms. The van der Waals surface area contributed by atoms with Gasteiger partial charge in [-0.2, -0.15) is 0 Å². The van der Waals surface area contributed by atoms with E-state index in [0.717, 1.165) is 43.3 Å². The number of aryl methyl sites for hydroxylation is 1. The third-order valence-corrected chi connectivity index (χ3v) is 4.91. The van der Waals surface area contributed by atoms with Crippen molar-refractivity contribution in [1.82, 2.24) is 25.4 Å². The van der Waals surface area contributed by atoms with Crippen LogP contribution in [0.25, 0.3) is 0 Å².